The third kappa shape index (κ3) is 6.28. The number of rotatable bonds is 8. The van der Waals surface area contributed by atoms with Crippen molar-refractivity contribution >= 4 is 41.5 Å². The largest absolute Gasteiger partial charge is 0.493 e. The Morgan fingerprint density at radius 1 is 0.957 bits per heavy atom. The van der Waals surface area contributed by atoms with Crippen molar-refractivity contribution in [2.45, 2.75) is 42.8 Å². The maximum Gasteiger partial charge on any atom is 0.254 e. The van der Waals surface area contributed by atoms with Crippen LogP contribution in [0.4, 0.5) is 0 Å². The summed E-state index contributed by atoms with van der Waals surface area (Å²) < 4.78 is 23.1. The number of nitrogens with zero attached hydrogens (tertiary/aromatic N) is 2. The van der Waals surface area contributed by atoms with E-state index in [0.29, 0.717) is 59.0 Å². The van der Waals surface area contributed by atoms with Gasteiger partial charge in [0.05, 0.1) is 50.6 Å². The number of aliphatic hydroxyl groups excluding tert-OH is 1. The number of benzene rings is 3. The molecule has 2 aliphatic heterocycles. The van der Waals surface area contributed by atoms with Gasteiger partial charge in [-0.2, -0.15) is 0 Å². The molecule has 1 amide bonds. The summed E-state index contributed by atoms with van der Waals surface area (Å²) in [6.07, 6.45) is 2.82. The number of methoxy groups -OCH3 is 3. The Balaban J connectivity index is 0.00000417. The molecule has 0 unspecified atom stereocenters. The Hall–Kier alpha value is -2.72. The fourth-order valence-electron chi connectivity index (χ4n) is 7.48. The van der Waals surface area contributed by atoms with Crippen LogP contribution in [0.25, 0.3) is 0 Å². The number of fused-ring (bicyclic) bond motifs is 2. The third-order valence-electron chi connectivity index (χ3n) is 10.0. The maximum atomic E-state index is 14.0. The van der Waals surface area contributed by atoms with Crippen LogP contribution in [0.5, 0.6) is 17.2 Å². The number of hydrogen-bond acceptors (Lipinski definition) is 7. The van der Waals surface area contributed by atoms with E-state index in [9.17, 15) is 9.90 Å². The second-order valence-corrected chi connectivity index (χ2v) is 13.1. The standard InChI is InChI=1S/C35H40Cl2N2O6.ClH/c1-42-29-18-24(19-30(43-2)32(29)44-3)33(41)39-16-17-45-35(22-39,25-8-9-27(36)28(37)21-25)12-15-38-13-10-34(11-14-38)26-7-5-4-6-23(26)20-31(34)40;/h4-9,18-19,21,31,40H,10-17,20,22H2,1-3H3;1H/t31-,35-;/m0./s1. The van der Waals surface area contributed by atoms with E-state index >= 15 is 0 Å². The maximum absolute atomic E-state index is 14.0. The van der Waals surface area contributed by atoms with Crippen molar-refractivity contribution in [3.63, 3.8) is 0 Å². The second-order valence-electron chi connectivity index (χ2n) is 12.2. The molecule has 1 aliphatic carbocycles. The van der Waals surface area contributed by atoms with Crippen LogP contribution in [0.15, 0.2) is 54.6 Å². The number of piperidine rings is 1. The van der Waals surface area contributed by atoms with E-state index in [-0.39, 0.29) is 29.8 Å². The first-order valence-corrected chi connectivity index (χ1v) is 16.2. The third-order valence-corrected chi connectivity index (χ3v) is 10.8. The normalized spacial score (nSPS) is 22.2. The molecule has 0 bridgehead atoms. The Bertz CT molecular complexity index is 1540. The molecule has 46 heavy (non-hydrogen) atoms. The van der Waals surface area contributed by atoms with Crippen LogP contribution < -0.4 is 14.2 Å². The van der Waals surface area contributed by atoms with E-state index in [1.54, 1.807) is 18.2 Å². The zero-order valence-corrected chi connectivity index (χ0v) is 28.7. The number of carbonyl (C=O) groups is 1. The molecule has 0 radical (unpaired) electrons. The highest BCUT2D eigenvalue weighted by Crippen LogP contribution is 2.47. The van der Waals surface area contributed by atoms with Crippen LogP contribution in [-0.4, -0.2) is 87.6 Å². The number of carbonyl (C=O) groups excluding carboxylic acids is 1. The van der Waals surface area contributed by atoms with Gasteiger partial charge in [-0.1, -0.05) is 53.5 Å². The summed E-state index contributed by atoms with van der Waals surface area (Å²) in [5, 5.41) is 12.0. The fraction of sp³-hybridized carbons (Fsp3) is 0.457. The molecule has 2 fully saturated rings. The molecule has 0 aromatic heterocycles. The number of ether oxygens (including phenoxy) is 4. The van der Waals surface area contributed by atoms with Gasteiger partial charge in [0.15, 0.2) is 11.5 Å². The van der Waals surface area contributed by atoms with E-state index in [1.807, 2.05) is 17.0 Å². The van der Waals surface area contributed by atoms with Crippen LogP contribution in [0.2, 0.25) is 10.0 Å². The second kappa shape index (κ2) is 14.2. The molecule has 2 saturated heterocycles. The molecule has 11 heteroatoms. The zero-order valence-electron chi connectivity index (χ0n) is 26.4. The first kappa shape index (κ1) is 34.6. The molecule has 3 aliphatic rings. The Morgan fingerprint density at radius 2 is 1.65 bits per heavy atom. The highest BCUT2D eigenvalue weighted by atomic mass is 35.5. The van der Waals surface area contributed by atoms with Gasteiger partial charge in [0.1, 0.15) is 5.60 Å². The number of morpholine rings is 1. The van der Waals surface area contributed by atoms with Crippen molar-refractivity contribution in [1.82, 2.24) is 9.80 Å². The van der Waals surface area contributed by atoms with Gasteiger partial charge in [-0.15, -0.1) is 12.4 Å². The quantitative estimate of drug-likeness (QED) is 0.304. The molecule has 2 atom stereocenters. The van der Waals surface area contributed by atoms with Gasteiger partial charge in [-0.25, -0.2) is 0 Å². The highest BCUT2D eigenvalue weighted by Gasteiger charge is 2.48. The molecule has 2 heterocycles. The summed E-state index contributed by atoms with van der Waals surface area (Å²) in [5.74, 6) is 1.11. The lowest BCUT2D eigenvalue weighted by Gasteiger charge is -2.46. The summed E-state index contributed by atoms with van der Waals surface area (Å²) in [6.45, 7) is 3.64. The number of likely N-dealkylation sites (tertiary alicyclic amines) is 1. The van der Waals surface area contributed by atoms with Crippen LogP contribution in [-0.2, 0) is 22.2 Å². The summed E-state index contributed by atoms with van der Waals surface area (Å²) in [7, 11) is 4.60. The summed E-state index contributed by atoms with van der Waals surface area (Å²) >= 11 is 12.8. The van der Waals surface area contributed by atoms with E-state index in [2.05, 4.69) is 29.2 Å². The van der Waals surface area contributed by atoms with Gasteiger partial charge in [0, 0.05) is 24.1 Å². The van der Waals surface area contributed by atoms with Crippen molar-refractivity contribution in [1.29, 1.82) is 0 Å². The molecule has 6 rings (SSSR count). The summed E-state index contributed by atoms with van der Waals surface area (Å²) in [5.41, 5.74) is 2.92. The van der Waals surface area contributed by atoms with E-state index in [4.69, 9.17) is 42.1 Å². The lowest BCUT2D eigenvalue weighted by molar-refractivity contribution is -0.114. The Morgan fingerprint density at radius 3 is 2.30 bits per heavy atom. The van der Waals surface area contributed by atoms with E-state index < -0.39 is 5.60 Å². The van der Waals surface area contributed by atoms with E-state index in [1.165, 1.54) is 32.5 Å². The molecule has 248 valence electrons. The van der Waals surface area contributed by atoms with Crippen LogP contribution in [0, 0.1) is 0 Å². The molecule has 1 spiro atoms. The first-order valence-electron chi connectivity index (χ1n) is 15.4. The summed E-state index contributed by atoms with van der Waals surface area (Å²) in [6, 6.07) is 17.4. The molecule has 1 N–H and O–H groups in total. The highest BCUT2D eigenvalue weighted by molar-refractivity contribution is 6.42. The van der Waals surface area contributed by atoms with Crippen molar-refractivity contribution in [3.05, 3.63) is 86.9 Å². The van der Waals surface area contributed by atoms with Gasteiger partial charge < -0.3 is 33.9 Å². The monoisotopic (exact) mass is 690 g/mol. The minimum absolute atomic E-state index is 0. The topological polar surface area (TPSA) is 80.7 Å². The predicted octanol–water partition coefficient (Wildman–Crippen LogP) is 6.15. The fourth-order valence-corrected chi connectivity index (χ4v) is 7.78. The number of amides is 1. The molecule has 3 aromatic rings. The molecular weight excluding hydrogens is 651 g/mol. The lowest BCUT2D eigenvalue weighted by Crippen LogP contribution is -2.54. The predicted molar refractivity (Wildman–Crippen MR) is 181 cm³/mol. The first-order chi connectivity index (χ1) is 21.7. The molecular formula is C35H41Cl3N2O6. The number of hydrogen-bond donors (Lipinski definition) is 1. The van der Waals surface area contributed by atoms with Crippen molar-refractivity contribution in [2.24, 2.45) is 0 Å². The van der Waals surface area contributed by atoms with Crippen LogP contribution >= 0.6 is 35.6 Å². The van der Waals surface area contributed by atoms with Gasteiger partial charge >= 0.3 is 0 Å². The van der Waals surface area contributed by atoms with Crippen molar-refractivity contribution in [3.8, 4) is 17.2 Å². The molecule has 8 nitrogen and oxygen atoms in total. The van der Waals surface area contributed by atoms with E-state index in [0.717, 1.165) is 44.5 Å². The minimum atomic E-state index is -0.794. The van der Waals surface area contributed by atoms with Gasteiger partial charge in [-0.05, 0) is 79.7 Å². The molecule has 3 aromatic carbocycles. The Kier molecular flexibility index (Phi) is 10.7. The van der Waals surface area contributed by atoms with Gasteiger partial charge in [0.25, 0.3) is 5.91 Å². The molecule has 0 saturated carbocycles. The lowest BCUT2D eigenvalue weighted by atomic mass is 9.72. The minimum Gasteiger partial charge on any atom is -0.493 e. The number of halogens is 3. The van der Waals surface area contributed by atoms with Crippen molar-refractivity contribution in [2.75, 3.05) is 60.7 Å². The SMILES string of the molecule is COc1cc(C(=O)N2CCO[C@](CCN3CCC4(CC3)c3ccccc3C[C@@H]4O)(c3ccc(Cl)c(Cl)c3)C2)cc(OC)c1OC.Cl. The number of aliphatic hydroxyl groups is 1. The van der Waals surface area contributed by atoms with Crippen LogP contribution in [0.3, 0.4) is 0 Å². The average Bonchev–Trinajstić information content (AvgIpc) is 3.34. The van der Waals surface area contributed by atoms with Gasteiger partial charge in [-0.3, -0.25) is 4.79 Å². The van der Waals surface area contributed by atoms with Gasteiger partial charge in [0.2, 0.25) is 5.75 Å². The zero-order chi connectivity index (χ0) is 31.8. The average molecular weight is 692 g/mol. The summed E-state index contributed by atoms with van der Waals surface area (Å²) in [4.78, 5) is 18.3. The van der Waals surface area contributed by atoms with Crippen LogP contribution in [0.1, 0.15) is 46.3 Å². The van der Waals surface area contributed by atoms with Crippen molar-refractivity contribution < 1.29 is 28.8 Å². The smallest absolute Gasteiger partial charge is 0.254 e. The Labute approximate surface area is 286 Å².